The molecule has 5 rings (SSSR count). The molecule has 37 heavy (non-hydrogen) atoms. The molecular weight excluding hydrogens is 474 g/mol. The number of aromatic nitrogens is 1. The molecule has 0 bridgehead atoms. The second-order valence-electron chi connectivity index (χ2n) is 8.68. The lowest BCUT2D eigenvalue weighted by atomic mass is 9.86. The Morgan fingerprint density at radius 2 is 1.89 bits per heavy atom. The molecule has 0 fully saturated rings. The van der Waals surface area contributed by atoms with Crippen molar-refractivity contribution in [3.05, 3.63) is 99.6 Å². The van der Waals surface area contributed by atoms with Crippen LogP contribution < -0.4 is 5.32 Å². The molecule has 0 saturated heterocycles. The van der Waals surface area contributed by atoms with E-state index in [0.717, 1.165) is 24.0 Å². The highest BCUT2D eigenvalue weighted by atomic mass is 16.6. The van der Waals surface area contributed by atoms with Gasteiger partial charge in [-0.1, -0.05) is 30.3 Å². The van der Waals surface area contributed by atoms with Gasteiger partial charge in [0.25, 0.3) is 11.6 Å². The molecule has 9 nitrogen and oxygen atoms in total. The normalized spacial score (nSPS) is 14.7. The van der Waals surface area contributed by atoms with Gasteiger partial charge in [-0.3, -0.25) is 14.9 Å². The number of allylic oxidation sites excluding steroid dienone is 1. The van der Waals surface area contributed by atoms with E-state index in [1.165, 1.54) is 25.1 Å². The summed E-state index contributed by atoms with van der Waals surface area (Å²) >= 11 is 0. The quantitative estimate of drug-likeness (QED) is 0.203. The van der Waals surface area contributed by atoms with Gasteiger partial charge < -0.3 is 14.5 Å². The van der Waals surface area contributed by atoms with Gasteiger partial charge in [0.1, 0.15) is 11.4 Å². The van der Waals surface area contributed by atoms with Crippen molar-refractivity contribution in [2.75, 3.05) is 5.32 Å². The minimum Gasteiger partial charge on any atom is -0.465 e. The average molecular weight is 498 g/mol. The lowest BCUT2D eigenvalue weighted by Gasteiger charge is -2.23. The number of furan rings is 1. The van der Waals surface area contributed by atoms with Crippen LogP contribution in [0.15, 0.2) is 71.3 Å². The summed E-state index contributed by atoms with van der Waals surface area (Å²) in [6.07, 6.45) is 4.55. The summed E-state index contributed by atoms with van der Waals surface area (Å²) in [6, 6.07) is 16.8. The molecule has 1 unspecified atom stereocenters. The summed E-state index contributed by atoms with van der Waals surface area (Å²) in [4.78, 5) is 41.9. The van der Waals surface area contributed by atoms with Crippen LogP contribution in [0.3, 0.4) is 0 Å². The number of nitro benzene ring substituents is 1. The fourth-order valence-corrected chi connectivity index (χ4v) is 4.50. The van der Waals surface area contributed by atoms with Crippen LogP contribution in [0.4, 0.5) is 11.4 Å². The lowest BCUT2D eigenvalue weighted by Crippen LogP contribution is -2.31. The van der Waals surface area contributed by atoms with Crippen LogP contribution >= 0.6 is 0 Å². The smallest absolute Gasteiger partial charge is 0.339 e. The number of pyridine rings is 1. The van der Waals surface area contributed by atoms with Crippen molar-refractivity contribution in [3.8, 4) is 0 Å². The van der Waals surface area contributed by atoms with E-state index in [0.29, 0.717) is 34.3 Å². The molecule has 1 aliphatic carbocycles. The molecule has 4 aromatic rings. The third-order valence-electron chi connectivity index (χ3n) is 6.25. The Hall–Kier alpha value is -4.79. The number of carbonyl (C=O) groups excluding carboxylic acids is 2. The Balaban J connectivity index is 1.47. The highest BCUT2D eigenvalue weighted by molar-refractivity contribution is 6.08. The number of nitrogens with one attached hydrogen (secondary N) is 1. The number of carbonyl (C=O) groups is 2. The summed E-state index contributed by atoms with van der Waals surface area (Å²) in [5.41, 5.74) is 3.22. The number of para-hydroxylation sites is 3. The Morgan fingerprint density at radius 1 is 1.11 bits per heavy atom. The van der Waals surface area contributed by atoms with E-state index in [1.807, 2.05) is 42.5 Å². The molecule has 9 heteroatoms. The van der Waals surface area contributed by atoms with Crippen molar-refractivity contribution in [1.29, 1.82) is 0 Å². The summed E-state index contributed by atoms with van der Waals surface area (Å²) in [5, 5.41) is 14.4. The number of hydrogen-bond donors (Lipinski definition) is 1. The van der Waals surface area contributed by atoms with Gasteiger partial charge in [0, 0.05) is 11.5 Å². The molecule has 1 atom stereocenters. The molecule has 0 spiro atoms. The van der Waals surface area contributed by atoms with Crippen LogP contribution in [0, 0.1) is 10.1 Å². The second kappa shape index (κ2) is 10.1. The minimum atomic E-state index is -1.20. The maximum absolute atomic E-state index is 13.5. The monoisotopic (exact) mass is 497 g/mol. The number of ether oxygens (including phenoxy) is 1. The van der Waals surface area contributed by atoms with Crippen LogP contribution in [0.25, 0.3) is 22.6 Å². The van der Waals surface area contributed by atoms with Gasteiger partial charge in [0.2, 0.25) is 0 Å². The predicted molar refractivity (Wildman–Crippen MR) is 138 cm³/mol. The number of nitro groups is 1. The van der Waals surface area contributed by atoms with Crippen molar-refractivity contribution >= 4 is 45.8 Å². The summed E-state index contributed by atoms with van der Waals surface area (Å²) < 4.78 is 11.1. The first-order valence-corrected chi connectivity index (χ1v) is 11.8. The number of amides is 1. The molecule has 2 aromatic carbocycles. The number of benzene rings is 2. The molecule has 186 valence electrons. The van der Waals surface area contributed by atoms with Crippen molar-refractivity contribution in [2.45, 2.75) is 32.3 Å². The van der Waals surface area contributed by atoms with Crippen molar-refractivity contribution < 1.29 is 23.7 Å². The van der Waals surface area contributed by atoms with Crippen LogP contribution in [0.5, 0.6) is 0 Å². The Kier molecular flexibility index (Phi) is 6.51. The first-order valence-electron chi connectivity index (χ1n) is 11.8. The van der Waals surface area contributed by atoms with E-state index >= 15 is 0 Å². The number of hydrogen-bond acceptors (Lipinski definition) is 7. The first-order chi connectivity index (χ1) is 17.9. The molecule has 0 saturated carbocycles. The Bertz CT molecular complexity index is 1540. The molecule has 2 heterocycles. The second-order valence-corrected chi connectivity index (χ2v) is 8.68. The lowest BCUT2D eigenvalue weighted by molar-refractivity contribution is -0.383. The maximum atomic E-state index is 13.5. The largest absolute Gasteiger partial charge is 0.465 e. The highest BCUT2D eigenvalue weighted by Crippen LogP contribution is 2.36. The molecule has 0 radical (unpaired) electrons. The zero-order chi connectivity index (χ0) is 25.9. The standard InChI is InChI=1S/C28H23N3O6/c1-17(27(32)30-23-13-4-5-14-24(23)31(34)35)37-28(33)25-20-10-2-3-12-22(20)29-26-18(8-6-11-21(25)26)16-19-9-7-15-36-19/h2-5,7,9-10,12-17H,6,8,11H2,1H3,(H,30,32). The van der Waals surface area contributed by atoms with Gasteiger partial charge in [0.15, 0.2) is 6.10 Å². The zero-order valence-corrected chi connectivity index (χ0v) is 20.0. The van der Waals surface area contributed by atoms with Crippen molar-refractivity contribution in [2.24, 2.45) is 0 Å². The van der Waals surface area contributed by atoms with Crippen molar-refractivity contribution in [1.82, 2.24) is 4.98 Å². The number of rotatable bonds is 6. The summed E-state index contributed by atoms with van der Waals surface area (Å²) in [7, 11) is 0. The molecule has 1 aliphatic rings. The molecule has 1 N–H and O–H groups in total. The number of esters is 1. The van der Waals surface area contributed by atoms with E-state index in [9.17, 15) is 19.7 Å². The fourth-order valence-electron chi connectivity index (χ4n) is 4.50. The van der Waals surface area contributed by atoms with Gasteiger partial charge in [-0.2, -0.15) is 0 Å². The van der Waals surface area contributed by atoms with E-state index < -0.39 is 22.9 Å². The van der Waals surface area contributed by atoms with Crippen LogP contribution in [-0.2, 0) is 16.0 Å². The predicted octanol–water partition coefficient (Wildman–Crippen LogP) is 5.80. The van der Waals surface area contributed by atoms with Crippen molar-refractivity contribution in [3.63, 3.8) is 0 Å². The van der Waals surface area contributed by atoms with Gasteiger partial charge >= 0.3 is 5.97 Å². The molecule has 2 aromatic heterocycles. The molecule has 0 aliphatic heterocycles. The number of anilines is 1. The molecular formula is C28H23N3O6. The molecule has 1 amide bonds. The third-order valence-corrected chi connectivity index (χ3v) is 6.25. The topological polar surface area (TPSA) is 125 Å². The van der Waals surface area contributed by atoms with Crippen LogP contribution in [0.1, 0.15) is 47.1 Å². The fraction of sp³-hybridized carbons (Fsp3) is 0.179. The van der Waals surface area contributed by atoms with E-state index in [4.69, 9.17) is 14.1 Å². The average Bonchev–Trinajstić information content (AvgIpc) is 3.41. The highest BCUT2D eigenvalue weighted by Gasteiger charge is 2.29. The van der Waals surface area contributed by atoms with E-state index in [1.54, 1.807) is 12.3 Å². The van der Waals surface area contributed by atoms with Gasteiger partial charge in [0.05, 0.1) is 28.0 Å². The SMILES string of the molecule is CC(OC(=O)c1c2c(nc3ccccc13)C(=Cc1ccco1)CCC2)C(=O)Nc1ccccc1[N+](=O)[O-]. The van der Waals surface area contributed by atoms with Gasteiger partial charge in [-0.15, -0.1) is 0 Å². The maximum Gasteiger partial charge on any atom is 0.339 e. The number of nitrogens with zero attached hydrogens (tertiary/aromatic N) is 2. The third kappa shape index (κ3) is 4.84. The summed E-state index contributed by atoms with van der Waals surface area (Å²) in [6.45, 7) is 1.43. The minimum absolute atomic E-state index is 0.0276. The first kappa shape index (κ1) is 23.9. The Morgan fingerprint density at radius 3 is 2.68 bits per heavy atom. The van der Waals surface area contributed by atoms with E-state index in [-0.39, 0.29) is 11.4 Å². The number of fused-ring (bicyclic) bond motifs is 2. The van der Waals surface area contributed by atoms with Crippen LogP contribution in [-0.4, -0.2) is 27.9 Å². The van der Waals surface area contributed by atoms with Gasteiger partial charge in [-0.05, 0) is 67.7 Å². The van der Waals surface area contributed by atoms with Crippen LogP contribution in [0.2, 0.25) is 0 Å². The summed E-state index contributed by atoms with van der Waals surface area (Å²) in [5.74, 6) is -0.630. The van der Waals surface area contributed by atoms with Gasteiger partial charge in [-0.25, -0.2) is 9.78 Å². The zero-order valence-electron chi connectivity index (χ0n) is 20.0. The Labute approximate surface area is 211 Å². The van der Waals surface area contributed by atoms with E-state index in [2.05, 4.69) is 5.32 Å².